The fourth-order valence-electron chi connectivity index (χ4n) is 14.7. The summed E-state index contributed by atoms with van der Waals surface area (Å²) in [6, 6.07) is 120. The molecule has 0 aliphatic rings. The van der Waals surface area contributed by atoms with Crippen molar-refractivity contribution in [1.82, 2.24) is 33.2 Å². The molecule has 5 heterocycles. The fourth-order valence-corrected chi connectivity index (χ4v) is 14.7. The number of hydrogen-bond acceptors (Lipinski definition) is 3. The molecule has 0 spiro atoms. The second-order valence-corrected chi connectivity index (χ2v) is 24.3. The quantitative estimate of drug-likeness (QED) is 0.137. The summed E-state index contributed by atoms with van der Waals surface area (Å²) in [4.78, 5) is 16.3. The minimum Gasteiger partial charge on any atom is -0.309 e. The Kier molecular flexibility index (Phi) is 12.1. The van der Waals surface area contributed by atoms with Crippen molar-refractivity contribution in [2.45, 2.75) is 0 Å². The van der Waals surface area contributed by atoms with Crippen molar-refractivity contribution < 1.29 is 0 Å². The summed E-state index contributed by atoms with van der Waals surface area (Å²) in [5.74, 6) is 1.75. The van der Waals surface area contributed by atoms with Crippen LogP contribution in [0.2, 0.25) is 0 Å². The first-order chi connectivity index (χ1) is 46.6. The van der Waals surface area contributed by atoms with E-state index in [2.05, 4.69) is 352 Å². The fraction of sp³-hybridized carbons (Fsp3) is 0. The normalized spacial score (nSPS) is 11.8. The lowest BCUT2D eigenvalue weighted by Gasteiger charge is -2.14. The van der Waals surface area contributed by atoms with Crippen molar-refractivity contribution in [3.63, 3.8) is 0 Å². The van der Waals surface area contributed by atoms with Crippen molar-refractivity contribution in [2.24, 2.45) is 0 Å². The van der Waals surface area contributed by atoms with E-state index < -0.39 is 0 Å². The largest absolute Gasteiger partial charge is 0.309 e. The zero-order valence-electron chi connectivity index (χ0n) is 50.9. The lowest BCUT2D eigenvalue weighted by molar-refractivity contribution is 1.07. The molecule has 19 rings (SSSR count). The molecular formula is C87H55N7. The molecule has 94 heavy (non-hydrogen) atoms. The molecule has 5 aromatic heterocycles. The second kappa shape index (κ2) is 21.5. The number of fused-ring (bicyclic) bond motifs is 12. The summed E-state index contributed by atoms with van der Waals surface area (Å²) in [5.41, 5.74) is 23.0. The lowest BCUT2D eigenvalue weighted by atomic mass is 9.99. The van der Waals surface area contributed by atoms with Crippen LogP contribution < -0.4 is 0 Å². The Balaban J connectivity index is 0.726. The van der Waals surface area contributed by atoms with Gasteiger partial charge in [0.25, 0.3) is 0 Å². The average Bonchev–Trinajstić information content (AvgIpc) is 1.66. The average molecular weight is 1200 g/mol. The number of para-hydroxylation sites is 6. The van der Waals surface area contributed by atoms with Gasteiger partial charge in [0.1, 0.15) is 0 Å². The maximum absolute atomic E-state index is 5.46. The molecule has 0 amide bonds. The van der Waals surface area contributed by atoms with Gasteiger partial charge in [-0.2, -0.15) is 0 Å². The smallest absolute Gasteiger partial charge is 0.164 e. The van der Waals surface area contributed by atoms with Gasteiger partial charge in [-0.05, 0) is 155 Å². The Morgan fingerprint density at radius 2 is 0.436 bits per heavy atom. The highest BCUT2D eigenvalue weighted by Gasteiger charge is 2.22. The molecule has 0 aliphatic carbocycles. The van der Waals surface area contributed by atoms with Crippen LogP contribution in [0.5, 0.6) is 0 Å². The van der Waals surface area contributed by atoms with Crippen molar-refractivity contribution >= 4 is 87.2 Å². The number of aromatic nitrogens is 7. The Bertz CT molecular complexity index is 5890. The van der Waals surface area contributed by atoms with Gasteiger partial charge in [-0.3, -0.25) is 0 Å². The van der Waals surface area contributed by atoms with Crippen LogP contribution in [-0.4, -0.2) is 33.2 Å². The Morgan fingerprint density at radius 1 is 0.160 bits per heavy atom. The number of nitrogens with zero attached hydrogens (tertiary/aromatic N) is 7. The van der Waals surface area contributed by atoms with Crippen LogP contribution in [-0.2, 0) is 0 Å². The summed E-state index contributed by atoms with van der Waals surface area (Å²) in [6.45, 7) is 0. The lowest BCUT2D eigenvalue weighted by Crippen LogP contribution is -2.02. The molecule has 0 unspecified atom stereocenters. The molecule has 0 atom stereocenters. The van der Waals surface area contributed by atoms with Crippen LogP contribution in [0.4, 0.5) is 0 Å². The Morgan fingerprint density at radius 3 is 0.819 bits per heavy atom. The molecule has 0 N–H and O–H groups in total. The number of benzene rings is 14. The highest BCUT2D eigenvalue weighted by atomic mass is 15.0. The topological polar surface area (TPSA) is 58.4 Å². The van der Waals surface area contributed by atoms with Crippen molar-refractivity contribution in [1.29, 1.82) is 0 Å². The molecule has 0 aliphatic heterocycles. The third-order valence-electron chi connectivity index (χ3n) is 19.0. The third-order valence-corrected chi connectivity index (χ3v) is 19.0. The van der Waals surface area contributed by atoms with E-state index in [1.807, 2.05) is 0 Å². The van der Waals surface area contributed by atoms with E-state index in [4.69, 9.17) is 15.0 Å². The molecule has 0 fully saturated rings. The van der Waals surface area contributed by atoms with Crippen LogP contribution in [0.15, 0.2) is 334 Å². The first-order valence-corrected chi connectivity index (χ1v) is 32.0. The maximum atomic E-state index is 5.46. The van der Waals surface area contributed by atoms with E-state index in [0.29, 0.717) is 17.5 Å². The zero-order valence-corrected chi connectivity index (χ0v) is 50.9. The third kappa shape index (κ3) is 8.56. The van der Waals surface area contributed by atoms with Crippen LogP contribution in [0.25, 0.3) is 178 Å². The van der Waals surface area contributed by atoms with Gasteiger partial charge in [-0.15, -0.1) is 0 Å². The van der Waals surface area contributed by atoms with Gasteiger partial charge in [0.15, 0.2) is 17.5 Å². The molecular weight excluding hydrogens is 1140 g/mol. The van der Waals surface area contributed by atoms with Crippen LogP contribution in [0.1, 0.15) is 0 Å². The van der Waals surface area contributed by atoms with E-state index in [-0.39, 0.29) is 0 Å². The minimum absolute atomic E-state index is 0.578. The molecule has 7 nitrogen and oxygen atoms in total. The highest BCUT2D eigenvalue weighted by molar-refractivity contribution is 6.15. The SMILES string of the molecule is c1ccc(-c2ccccc2-c2nc(-c3cccc(-n4c5ccccc5c5cc(-c6ccc7c(c6)c6ccccc6n7-c6ccccc6)ccc54)c3)nc(-c3cccc(-n4c5ccccc5c5cc(-c6ccc7c(c6)c6ccccc6n7-c6ccccc6)ccc54)c3)n2)cc1. The predicted octanol–water partition coefficient (Wildman–Crippen LogP) is 22.3. The first-order valence-electron chi connectivity index (χ1n) is 32.0. The number of rotatable bonds is 10. The molecule has 0 saturated carbocycles. The second-order valence-electron chi connectivity index (χ2n) is 24.3. The van der Waals surface area contributed by atoms with Gasteiger partial charge in [0.05, 0.1) is 44.1 Å². The maximum Gasteiger partial charge on any atom is 0.164 e. The predicted molar refractivity (Wildman–Crippen MR) is 390 cm³/mol. The minimum atomic E-state index is 0.578. The van der Waals surface area contributed by atoms with E-state index in [0.717, 1.165) is 83.8 Å². The molecule has 0 saturated heterocycles. The van der Waals surface area contributed by atoms with Gasteiger partial charge in [0, 0.05) is 82.5 Å². The molecule has 7 heteroatoms. The van der Waals surface area contributed by atoms with E-state index in [1.165, 1.54) is 76.3 Å². The van der Waals surface area contributed by atoms with Crippen LogP contribution in [0.3, 0.4) is 0 Å². The van der Waals surface area contributed by atoms with Gasteiger partial charge >= 0.3 is 0 Å². The van der Waals surface area contributed by atoms with Gasteiger partial charge < -0.3 is 18.3 Å². The van der Waals surface area contributed by atoms with E-state index in [1.54, 1.807) is 0 Å². The molecule has 0 radical (unpaired) electrons. The molecule has 19 aromatic rings. The highest BCUT2D eigenvalue weighted by Crippen LogP contribution is 2.43. The standard InChI is InChI=1S/C87H55N7/c1-4-22-56(23-5-1)67-32-10-11-37-72(67)87-89-85(61-24-20-30-65(50-61)93-79-40-18-14-35-70(79)75-54-59(44-48-83(75)93)57-42-46-81-73(52-57)68-33-12-16-38-77(68)91(81)63-26-6-2-7-27-63)88-86(90-87)62-25-21-31-66(51-62)94-80-41-19-15-36-71(80)76-55-60(45-49-84(76)94)58-43-47-82-74(53-58)69-34-13-17-39-78(69)92(82)64-28-8-3-9-29-64/h1-55H. The Labute approximate surface area is 541 Å². The van der Waals surface area contributed by atoms with Gasteiger partial charge in [-0.1, -0.05) is 212 Å². The van der Waals surface area contributed by atoms with Gasteiger partial charge in [0.2, 0.25) is 0 Å². The number of hydrogen-bond donors (Lipinski definition) is 0. The van der Waals surface area contributed by atoms with Crippen molar-refractivity contribution in [3.05, 3.63) is 334 Å². The van der Waals surface area contributed by atoms with Crippen LogP contribution >= 0.6 is 0 Å². The van der Waals surface area contributed by atoms with Crippen LogP contribution in [0, 0.1) is 0 Å². The summed E-state index contributed by atoms with van der Waals surface area (Å²) < 4.78 is 9.50. The monoisotopic (exact) mass is 1200 g/mol. The van der Waals surface area contributed by atoms with Crippen molar-refractivity contribution in [3.8, 4) is 90.3 Å². The zero-order chi connectivity index (χ0) is 61.8. The van der Waals surface area contributed by atoms with E-state index >= 15 is 0 Å². The summed E-state index contributed by atoms with van der Waals surface area (Å²) in [7, 11) is 0. The Hall–Kier alpha value is -12.7. The first kappa shape index (κ1) is 53.2. The summed E-state index contributed by atoms with van der Waals surface area (Å²) >= 11 is 0. The van der Waals surface area contributed by atoms with Gasteiger partial charge in [-0.25, -0.2) is 15.0 Å². The van der Waals surface area contributed by atoms with Crippen molar-refractivity contribution in [2.75, 3.05) is 0 Å². The summed E-state index contributed by atoms with van der Waals surface area (Å²) in [5, 5.41) is 9.63. The summed E-state index contributed by atoms with van der Waals surface area (Å²) in [6.07, 6.45) is 0. The molecule has 0 bridgehead atoms. The molecule has 438 valence electrons. The molecule has 14 aromatic carbocycles. The van der Waals surface area contributed by atoms with E-state index in [9.17, 15) is 0 Å².